The minimum Gasteiger partial charge on any atom is -0.386 e. The van der Waals surface area contributed by atoms with Gasteiger partial charge in [-0.25, -0.2) is 13.1 Å². The van der Waals surface area contributed by atoms with Crippen LogP contribution in [0.1, 0.15) is 26.7 Å². The van der Waals surface area contributed by atoms with Gasteiger partial charge < -0.3 is 10.6 Å². The van der Waals surface area contributed by atoms with Crippen molar-refractivity contribution in [2.45, 2.75) is 37.5 Å². The smallest absolute Gasteiger partial charge is 0.214 e. The second kappa shape index (κ2) is 4.91. The molecule has 6 nitrogen and oxygen atoms in total. The highest BCUT2D eigenvalue weighted by molar-refractivity contribution is 7.90. The molecule has 0 aromatic carbocycles. The van der Waals surface area contributed by atoms with Crippen LogP contribution in [0.2, 0.25) is 0 Å². The van der Waals surface area contributed by atoms with Gasteiger partial charge in [0.2, 0.25) is 10.0 Å². The first-order chi connectivity index (χ1) is 7.69. The SMILES string of the molecule is CC(C)S(=O)(=O)NC1(C(=N)N)CCN(C)CC1. The summed E-state index contributed by atoms with van der Waals surface area (Å²) in [6.45, 7) is 4.70. The zero-order chi connectivity index (χ0) is 13.3. The number of nitrogens with two attached hydrogens (primary N) is 1. The molecule has 1 rings (SSSR count). The molecule has 0 spiro atoms. The van der Waals surface area contributed by atoms with Gasteiger partial charge >= 0.3 is 0 Å². The largest absolute Gasteiger partial charge is 0.386 e. The summed E-state index contributed by atoms with van der Waals surface area (Å²) in [5.74, 6) is -0.0881. The summed E-state index contributed by atoms with van der Waals surface area (Å²) < 4.78 is 26.4. The van der Waals surface area contributed by atoms with E-state index in [1.165, 1.54) is 0 Å². The second-order valence-corrected chi connectivity index (χ2v) is 7.23. The molecular formula is C10H22N4O2S. The van der Waals surface area contributed by atoms with Crippen LogP contribution in [0.3, 0.4) is 0 Å². The normalized spacial score (nSPS) is 21.6. The van der Waals surface area contributed by atoms with Crippen LogP contribution >= 0.6 is 0 Å². The molecule has 0 bridgehead atoms. The van der Waals surface area contributed by atoms with Gasteiger partial charge in [-0.2, -0.15) is 0 Å². The number of rotatable bonds is 4. The Hall–Kier alpha value is -0.660. The number of hydrogen-bond donors (Lipinski definition) is 3. The molecule has 1 fully saturated rings. The number of likely N-dealkylation sites (tertiary alicyclic amines) is 1. The first kappa shape index (κ1) is 14.4. The van der Waals surface area contributed by atoms with Crippen LogP contribution < -0.4 is 10.5 Å². The van der Waals surface area contributed by atoms with E-state index < -0.39 is 20.8 Å². The van der Waals surface area contributed by atoms with Gasteiger partial charge in [0.15, 0.2) is 0 Å². The van der Waals surface area contributed by atoms with Crippen LogP contribution in [-0.2, 0) is 10.0 Å². The lowest BCUT2D eigenvalue weighted by atomic mass is 9.88. The van der Waals surface area contributed by atoms with Gasteiger partial charge in [0, 0.05) is 13.1 Å². The molecule has 0 atom stereocenters. The Morgan fingerprint density at radius 3 is 2.24 bits per heavy atom. The average Bonchev–Trinajstić information content (AvgIpc) is 2.21. The van der Waals surface area contributed by atoms with Crippen LogP contribution in [0.25, 0.3) is 0 Å². The molecule has 1 aliphatic heterocycles. The fourth-order valence-corrected chi connectivity index (χ4v) is 2.91. The Morgan fingerprint density at radius 2 is 1.88 bits per heavy atom. The van der Waals surface area contributed by atoms with Crippen molar-refractivity contribution >= 4 is 15.9 Å². The van der Waals surface area contributed by atoms with Gasteiger partial charge in [0.25, 0.3) is 0 Å². The number of amidine groups is 1. The van der Waals surface area contributed by atoms with E-state index in [0.717, 1.165) is 13.1 Å². The molecule has 100 valence electrons. The fraction of sp³-hybridized carbons (Fsp3) is 0.900. The summed E-state index contributed by atoms with van der Waals surface area (Å²) in [4.78, 5) is 2.10. The van der Waals surface area contributed by atoms with E-state index in [2.05, 4.69) is 9.62 Å². The lowest BCUT2D eigenvalue weighted by molar-refractivity contribution is 0.218. The Bertz CT molecular complexity index is 383. The minimum atomic E-state index is -3.41. The van der Waals surface area contributed by atoms with Gasteiger partial charge in [0.1, 0.15) is 5.84 Å². The van der Waals surface area contributed by atoms with Crippen molar-refractivity contribution in [3.8, 4) is 0 Å². The molecule has 0 amide bonds. The number of nitrogens with zero attached hydrogens (tertiary/aromatic N) is 1. The van der Waals surface area contributed by atoms with Crippen molar-refractivity contribution in [1.82, 2.24) is 9.62 Å². The number of nitrogens with one attached hydrogen (secondary N) is 2. The Labute approximate surface area is 103 Å². The van der Waals surface area contributed by atoms with E-state index in [1.54, 1.807) is 13.8 Å². The van der Waals surface area contributed by atoms with Crippen molar-refractivity contribution in [2.75, 3.05) is 20.1 Å². The maximum Gasteiger partial charge on any atom is 0.214 e. The maximum atomic E-state index is 11.9. The van der Waals surface area contributed by atoms with E-state index in [1.807, 2.05) is 7.05 Å². The van der Waals surface area contributed by atoms with E-state index >= 15 is 0 Å². The maximum absolute atomic E-state index is 11.9. The molecule has 1 saturated heterocycles. The first-order valence-corrected chi connectivity index (χ1v) is 7.30. The number of piperidine rings is 1. The molecule has 1 aliphatic rings. The van der Waals surface area contributed by atoms with Crippen LogP contribution in [-0.4, -0.2) is 50.1 Å². The predicted molar refractivity (Wildman–Crippen MR) is 68.6 cm³/mol. The predicted octanol–water partition coefficient (Wildman–Crippen LogP) is -0.285. The third-order valence-corrected chi connectivity index (χ3v) is 5.23. The van der Waals surface area contributed by atoms with Crippen molar-refractivity contribution in [1.29, 1.82) is 5.41 Å². The number of hydrogen-bond acceptors (Lipinski definition) is 4. The summed E-state index contributed by atoms with van der Waals surface area (Å²) in [7, 11) is -1.43. The highest BCUT2D eigenvalue weighted by atomic mass is 32.2. The topological polar surface area (TPSA) is 99.3 Å². The van der Waals surface area contributed by atoms with E-state index in [-0.39, 0.29) is 5.84 Å². The molecule has 1 heterocycles. The first-order valence-electron chi connectivity index (χ1n) is 5.75. The zero-order valence-electron chi connectivity index (χ0n) is 10.7. The lowest BCUT2D eigenvalue weighted by Gasteiger charge is -2.40. The molecule has 0 aromatic heterocycles. The molecule has 0 radical (unpaired) electrons. The van der Waals surface area contributed by atoms with E-state index in [9.17, 15) is 8.42 Å². The highest BCUT2D eigenvalue weighted by Crippen LogP contribution is 2.23. The van der Waals surface area contributed by atoms with Gasteiger partial charge in [-0.1, -0.05) is 0 Å². The number of sulfonamides is 1. The zero-order valence-corrected chi connectivity index (χ0v) is 11.5. The average molecular weight is 262 g/mol. The Kier molecular flexibility index (Phi) is 4.16. The monoisotopic (exact) mass is 262 g/mol. The summed E-state index contributed by atoms with van der Waals surface area (Å²) in [5.41, 5.74) is 4.70. The van der Waals surface area contributed by atoms with Gasteiger partial charge in [-0.15, -0.1) is 0 Å². The summed E-state index contributed by atoms with van der Waals surface area (Å²) >= 11 is 0. The van der Waals surface area contributed by atoms with Crippen LogP contribution in [0.4, 0.5) is 0 Å². The molecule has 0 unspecified atom stereocenters. The molecular weight excluding hydrogens is 240 g/mol. The highest BCUT2D eigenvalue weighted by Gasteiger charge is 2.40. The third kappa shape index (κ3) is 3.17. The summed E-state index contributed by atoms with van der Waals surface area (Å²) in [5, 5.41) is 7.14. The second-order valence-electron chi connectivity index (χ2n) is 4.99. The van der Waals surface area contributed by atoms with Gasteiger partial charge in [-0.3, -0.25) is 5.41 Å². The van der Waals surface area contributed by atoms with Crippen molar-refractivity contribution in [2.24, 2.45) is 5.73 Å². The Morgan fingerprint density at radius 1 is 1.41 bits per heavy atom. The minimum absolute atomic E-state index is 0.0881. The standard InChI is InChI=1S/C10H22N4O2S/c1-8(2)17(15,16)13-10(9(11)12)4-6-14(3)7-5-10/h8,13H,4-7H2,1-3H3,(H3,11,12). The summed E-state index contributed by atoms with van der Waals surface area (Å²) in [6.07, 6.45) is 1.09. The van der Waals surface area contributed by atoms with E-state index in [0.29, 0.717) is 12.8 Å². The van der Waals surface area contributed by atoms with Crippen molar-refractivity contribution in [3.05, 3.63) is 0 Å². The molecule has 0 aliphatic carbocycles. The quantitative estimate of drug-likeness (QED) is 0.479. The van der Waals surface area contributed by atoms with Gasteiger partial charge in [-0.05, 0) is 33.7 Å². The van der Waals surface area contributed by atoms with E-state index in [4.69, 9.17) is 11.1 Å². The summed E-state index contributed by atoms with van der Waals surface area (Å²) in [6, 6.07) is 0. The molecule has 7 heteroatoms. The molecule has 0 aromatic rings. The lowest BCUT2D eigenvalue weighted by Crippen LogP contribution is -2.62. The van der Waals surface area contributed by atoms with Crippen LogP contribution in [0, 0.1) is 5.41 Å². The van der Waals surface area contributed by atoms with Gasteiger partial charge in [0.05, 0.1) is 10.8 Å². The molecule has 4 N–H and O–H groups in total. The molecule has 0 saturated carbocycles. The fourth-order valence-electron chi connectivity index (χ4n) is 1.82. The third-order valence-electron chi connectivity index (χ3n) is 3.31. The van der Waals surface area contributed by atoms with Crippen molar-refractivity contribution < 1.29 is 8.42 Å². The Balaban J connectivity index is 2.92. The van der Waals surface area contributed by atoms with Crippen LogP contribution in [0.15, 0.2) is 0 Å². The van der Waals surface area contributed by atoms with Crippen LogP contribution in [0.5, 0.6) is 0 Å². The molecule has 17 heavy (non-hydrogen) atoms. The van der Waals surface area contributed by atoms with Crippen molar-refractivity contribution in [3.63, 3.8) is 0 Å².